The van der Waals surface area contributed by atoms with E-state index < -0.39 is 0 Å². The first-order chi connectivity index (χ1) is 14.1. The maximum absolute atomic E-state index is 11.9. The van der Waals surface area contributed by atoms with Crippen molar-refractivity contribution >= 4 is 5.91 Å². The van der Waals surface area contributed by atoms with Gasteiger partial charge in [-0.1, -0.05) is 5.16 Å². The summed E-state index contributed by atoms with van der Waals surface area (Å²) >= 11 is 0. The molecular weight excluding hydrogens is 374 g/mol. The number of hydrogen-bond acceptors (Lipinski definition) is 8. The molecule has 0 unspecified atom stereocenters. The van der Waals surface area contributed by atoms with Gasteiger partial charge in [0.1, 0.15) is 0 Å². The van der Waals surface area contributed by atoms with Gasteiger partial charge in [-0.15, -0.1) is 0 Å². The first-order valence-corrected chi connectivity index (χ1v) is 9.93. The van der Waals surface area contributed by atoms with Crippen LogP contribution in [0, 0.1) is 0 Å². The summed E-state index contributed by atoms with van der Waals surface area (Å²) in [6.07, 6.45) is 2.24. The quantitative estimate of drug-likeness (QED) is 0.704. The first-order valence-electron chi connectivity index (χ1n) is 9.93. The number of hydrogen-bond donors (Lipinski definition) is 1. The summed E-state index contributed by atoms with van der Waals surface area (Å²) < 4.78 is 16.0. The van der Waals surface area contributed by atoms with Crippen LogP contribution in [0.25, 0.3) is 11.4 Å². The van der Waals surface area contributed by atoms with E-state index in [1.165, 1.54) is 0 Å². The molecule has 2 heterocycles. The zero-order chi connectivity index (χ0) is 20.2. The van der Waals surface area contributed by atoms with Gasteiger partial charge in [-0.2, -0.15) is 4.98 Å². The van der Waals surface area contributed by atoms with Crippen LogP contribution in [0.5, 0.6) is 11.5 Å². The van der Waals surface area contributed by atoms with Gasteiger partial charge in [-0.25, -0.2) is 0 Å². The van der Waals surface area contributed by atoms with Crippen molar-refractivity contribution in [3.8, 4) is 22.9 Å². The summed E-state index contributed by atoms with van der Waals surface area (Å²) in [7, 11) is 3.20. The minimum absolute atomic E-state index is 0.136. The summed E-state index contributed by atoms with van der Waals surface area (Å²) in [6.45, 7) is 4.52. The van der Waals surface area contributed by atoms with Crippen molar-refractivity contribution in [1.29, 1.82) is 0 Å². The number of rotatable bonds is 8. The van der Waals surface area contributed by atoms with E-state index >= 15 is 0 Å². The van der Waals surface area contributed by atoms with Crippen LogP contribution in [0.3, 0.4) is 0 Å². The molecule has 1 amide bonds. The molecule has 1 aromatic heterocycles. The minimum atomic E-state index is 0.136. The average Bonchev–Trinajstić information content (AvgIpc) is 3.43. The van der Waals surface area contributed by atoms with E-state index in [2.05, 4.69) is 25.3 Å². The topological polar surface area (TPSA) is 93.0 Å². The fourth-order valence-corrected chi connectivity index (χ4v) is 3.41. The summed E-state index contributed by atoms with van der Waals surface area (Å²) in [5, 5.41) is 7.14. The van der Waals surface area contributed by atoms with Gasteiger partial charge in [-0.05, 0) is 31.0 Å². The highest BCUT2D eigenvalue weighted by Gasteiger charge is 2.25. The van der Waals surface area contributed by atoms with Crippen LogP contribution in [0.4, 0.5) is 0 Å². The van der Waals surface area contributed by atoms with Gasteiger partial charge in [-0.3, -0.25) is 14.6 Å². The molecule has 0 atom stereocenters. The van der Waals surface area contributed by atoms with Crippen molar-refractivity contribution in [2.24, 2.45) is 0 Å². The molecule has 1 aliphatic heterocycles. The highest BCUT2D eigenvalue weighted by molar-refractivity contribution is 5.78. The van der Waals surface area contributed by atoms with Gasteiger partial charge in [0.2, 0.25) is 17.6 Å². The number of amides is 1. The zero-order valence-electron chi connectivity index (χ0n) is 16.9. The number of carbonyl (C=O) groups is 1. The standard InChI is InChI=1S/C20H27N5O4/c1-27-16-6-3-14(11-17(16)28-2)20-22-19(29-23-20)13-25-9-7-24(8-10-25)12-18(26)21-15-4-5-15/h3,6,11,15H,4-5,7-10,12-13H2,1-2H3,(H,21,26). The Bertz CT molecular complexity index is 843. The van der Waals surface area contributed by atoms with Crippen molar-refractivity contribution in [2.45, 2.75) is 25.4 Å². The number of aromatic nitrogens is 2. The molecule has 0 bridgehead atoms. The summed E-state index contributed by atoms with van der Waals surface area (Å²) in [5.41, 5.74) is 0.809. The normalized spacial score (nSPS) is 17.9. The minimum Gasteiger partial charge on any atom is -0.493 e. The van der Waals surface area contributed by atoms with Crippen molar-refractivity contribution in [3.05, 3.63) is 24.1 Å². The highest BCUT2D eigenvalue weighted by atomic mass is 16.5. The molecule has 2 fully saturated rings. The Morgan fingerprint density at radius 3 is 2.55 bits per heavy atom. The lowest BCUT2D eigenvalue weighted by molar-refractivity contribution is -0.122. The Morgan fingerprint density at radius 2 is 1.86 bits per heavy atom. The van der Waals surface area contributed by atoms with E-state index in [-0.39, 0.29) is 5.91 Å². The smallest absolute Gasteiger partial charge is 0.241 e. The van der Waals surface area contributed by atoms with Crippen LogP contribution in [0.2, 0.25) is 0 Å². The number of benzene rings is 1. The fraction of sp³-hybridized carbons (Fsp3) is 0.550. The largest absolute Gasteiger partial charge is 0.493 e. The Hall–Kier alpha value is -2.65. The van der Waals surface area contributed by atoms with Gasteiger partial charge in [0, 0.05) is 37.8 Å². The lowest BCUT2D eigenvalue weighted by atomic mass is 10.2. The van der Waals surface area contributed by atoms with Gasteiger partial charge in [0.05, 0.1) is 27.3 Å². The molecular formula is C20H27N5O4. The Balaban J connectivity index is 1.29. The van der Waals surface area contributed by atoms with E-state index in [9.17, 15) is 4.79 Å². The lowest BCUT2D eigenvalue weighted by Crippen LogP contribution is -2.49. The summed E-state index contributed by atoms with van der Waals surface area (Å²) in [5.74, 6) is 2.52. The molecule has 2 aliphatic rings. The monoisotopic (exact) mass is 401 g/mol. The predicted molar refractivity (Wildman–Crippen MR) is 106 cm³/mol. The van der Waals surface area contributed by atoms with E-state index in [0.29, 0.717) is 42.3 Å². The molecule has 1 saturated carbocycles. The van der Waals surface area contributed by atoms with E-state index in [1.54, 1.807) is 14.2 Å². The Kier molecular flexibility index (Phi) is 5.96. The van der Waals surface area contributed by atoms with Gasteiger partial charge >= 0.3 is 0 Å². The molecule has 1 aromatic carbocycles. The highest BCUT2D eigenvalue weighted by Crippen LogP contribution is 2.31. The van der Waals surface area contributed by atoms with Crippen molar-refractivity contribution < 1.29 is 18.8 Å². The molecule has 9 heteroatoms. The van der Waals surface area contributed by atoms with E-state index in [0.717, 1.165) is 44.6 Å². The second kappa shape index (κ2) is 8.79. The summed E-state index contributed by atoms with van der Waals surface area (Å²) in [4.78, 5) is 20.9. The molecule has 1 N–H and O–H groups in total. The molecule has 1 saturated heterocycles. The maximum atomic E-state index is 11.9. The van der Waals surface area contributed by atoms with Crippen LogP contribution in [-0.4, -0.2) is 78.8 Å². The van der Waals surface area contributed by atoms with Crippen LogP contribution in [0.15, 0.2) is 22.7 Å². The van der Waals surface area contributed by atoms with Crippen LogP contribution >= 0.6 is 0 Å². The Labute approximate surface area is 169 Å². The molecule has 1 aliphatic carbocycles. The molecule has 9 nitrogen and oxygen atoms in total. The molecule has 2 aromatic rings. The predicted octanol–water partition coefficient (Wildman–Crippen LogP) is 1.15. The second-order valence-corrected chi connectivity index (χ2v) is 7.48. The van der Waals surface area contributed by atoms with Gasteiger partial charge in [0.15, 0.2) is 11.5 Å². The molecule has 0 radical (unpaired) electrons. The number of nitrogens with one attached hydrogen (secondary N) is 1. The lowest BCUT2D eigenvalue weighted by Gasteiger charge is -2.33. The van der Waals surface area contributed by atoms with Crippen molar-refractivity contribution in [2.75, 3.05) is 46.9 Å². The number of piperazine rings is 1. The van der Waals surface area contributed by atoms with Crippen molar-refractivity contribution in [3.63, 3.8) is 0 Å². The van der Waals surface area contributed by atoms with Crippen LogP contribution in [0.1, 0.15) is 18.7 Å². The van der Waals surface area contributed by atoms with Crippen LogP contribution < -0.4 is 14.8 Å². The number of methoxy groups -OCH3 is 2. The third-order valence-electron chi connectivity index (χ3n) is 5.24. The molecule has 29 heavy (non-hydrogen) atoms. The SMILES string of the molecule is COc1ccc(-c2noc(CN3CCN(CC(=O)NC4CC4)CC3)n2)cc1OC. The second-order valence-electron chi connectivity index (χ2n) is 7.48. The van der Waals surface area contributed by atoms with Crippen molar-refractivity contribution in [1.82, 2.24) is 25.3 Å². The molecule has 4 rings (SSSR count). The fourth-order valence-electron chi connectivity index (χ4n) is 3.41. The zero-order valence-corrected chi connectivity index (χ0v) is 16.9. The summed E-state index contributed by atoms with van der Waals surface area (Å²) in [6, 6.07) is 5.95. The third-order valence-corrected chi connectivity index (χ3v) is 5.24. The average molecular weight is 401 g/mol. The van der Waals surface area contributed by atoms with E-state index in [1.807, 2.05) is 18.2 Å². The van der Waals surface area contributed by atoms with E-state index in [4.69, 9.17) is 14.0 Å². The third kappa shape index (κ3) is 5.04. The number of carbonyl (C=O) groups excluding carboxylic acids is 1. The van der Waals surface area contributed by atoms with Gasteiger partial charge < -0.3 is 19.3 Å². The Morgan fingerprint density at radius 1 is 1.14 bits per heavy atom. The number of ether oxygens (including phenoxy) is 2. The van der Waals surface area contributed by atoms with Gasteiger partial charge in [0.25, 0.3) is 0 Å². The molecule has 156 valence electrons. The maximum Gasteiger partial charge on any atom is 0.241 e. The van der Waals surface area contributed by atoms with Crippen LogP contribution in [-0.2, 0) is 11.3 Å². The molecule has 0 spiro atoms. The number of nitrogens with zero attached hydrogens (tertiary/aromatic N) is 4. The first kappa shape index (κ1) is 19.7.